The summed E-state index contributed by atoms with van der Waals surface area (Å²) in [4.78, 5) is 23.8. The molecule has 4 rings (SSSR count). The molecule has 3 aromatic rings. The molecule has 178 valence electrons. The molecule has 1 fully saturated rings. The lowest BCUT2D eigenvalue weighted by molar-refractivity contribution is 0.103. The second-order valence-electron chi connectivity index (χ2n) is 7.95. The molecule has 1 aromatic carbocycles. The Kier molecular flexibility index (Phi) is 6.64. The first-order chi connectivity index (χ1) is 16.2. The Hall–Kier alpha value is -3.35. The molecule has 34 heavy (non-hydrogen) atoms. The van der Waals surface area contributed by atoms with E-state index in [0.717, 1.165) is 12.3 Å². The van der Waals surface area contributed by atoms with Crippen LogP contribution < -0.4 is 10.5 Å². The van der Waals surface area contributed by atoms with Gasteiger partial charge in [-0.15, -0.1) is 0 Å². The smallest absolute Gasteiger partial charge is 0.243 e. The molecule has 0 atom stereocenters. The number of nitrogens with two attached hydrogens (primary N) is 1. The lowest BCUT2D eigenvalue weighted by Gasteiger charge is -2.26. The standard InChI is InChI=1S/C22H21F2N5O4S/c23-16-9-17(24)19(34(32,33)29-13-3-5-14(30)6-4-13)8-15(16)18-11-27-22(25)20(28-18)21(31)12-2-1-7-26-10-12/h1-2,7-11,13-14,29-30H,3-6H2,(H2,25,27). The quantitative estimate of drug-likeness (QED) is 0.447. The minimum absolute atomic E-state index is 0.172. The maximum absolute atomic E-state index is 14.7. The number of nitrogen functional groups attached to an aromatic ring is 1. The SMILES string of the molecule is Nc1ncc(-c2cc(S(=O)(=O)NC3CCC(O)CC3)c(F)cc2F)nc1C(=O)c1cccnc1. The van der Waals surface area contributed by atoms with E-state index in [-0.39, 0.29) is 28.3 Å². The molecule has 2 aromatic heterocycles. The van der Waals surface area contributed by atoms with Crippen LogP contribution in [-0.2, 0) is 10.0 Å². The summed E-state index contributed by atoms with van der Waals surface area (Å²) in [5.74, 6) is -3.19. The van der Waals surface area contributed by atoms with Gasteiger partial charge in [-0.25, -0.2) is 31.9 Å². The molecule has 12 heteroatoms. The van der Waals surface area contributed by atoms with E-state index < -0.39 is 44.5 Å². The highest BCUT2D eigenvalue weighted by atomic mass is 32.2. The minimum Gasteiger partial charge on any atom is -0.393 e. The van der Waals surface area contributed by atoms with Crippen molar-refractivity contribution < 1.29 is 27.1 Å². The van der Waals surface area contributed by atoms with Gasteiger partial charge in [0.2, 0.25) is 15.8 Å². The van der Waals surface area contributed by atoms with Crippen molar-refractivity contribution in [3.8, 4) is 11.3 Å². The Morgan fingerprint density at radius 1 is 1.12 bits per heavy atom. The number of rotatable bonds is 6. The van der Waals surface area contributed by atoms with Crippen LogP contribution in [0.5, 0.6) is 0 Å². The number of nitrogens with zero attached hydrogens (tertiary/aromatic N) is 3. The molecular weight excluding hydrogens is 468 g/mol. The molecule has 1 aliphatic carbocycles. The van der Waals surface area contributed by atoms with E-state index in [0.29, 0.717) is 31.7 Å². The number of hydrogen-bond acceptors (Lipinski definition) is 8. The summed E-state index contributed by atoms with van der Waals surface area (Å²) < 4.78 is 57.4. The highest BCUT2D eigenvalue weighted by Gasteiger charge is 2.28. The van der Waals surface area contributed by atoms with Crippen molar-refractivity contribution >= 4 is 21.6 Å². The van der Waals surface area contributed by atoms with Crippen molar-refractivity contribution in [2.75, 3.05) is 5.73 Å². The van der Waals surface area contributed by atoms with Gasteiger partial charge in [-0.2, -0.15) is 0 Å². The minimum atomic E-state index is -4.35. The Labute approximate surface area is 194 Å². The lowest BCUT2D eigenvalue weighted by Crippen LogP contribution is -2.38. The zero-order valence-electron chi connectivity index (χ0n) is 17.8. The summed E-state index contributed by atoms with van der Waals surface area (Å²) in [5, 5.41) is 9.60. The van der Waals surface area contributed by atoms with Crippen molar-refractivity contribution in [1.29, 1.82) is 0 Å². The average molecular weight is 490 g/mol. The number of pyridine rings is 1. The highest BCUT2D eigenvalue weighted by molar-refractivity contribution is 7.89. The van der Waals surface area contributed by atoms with E-state index in [1.54, 1.807) is 0 Å². The zero-order chi connectivity index (χ0) is 24.5. The summed E-state index contributed by atoms with van der Waals surface area (Å²) in [5.41, 5.74) is 5.12. The number of aromatic nitrogens is 3. The van der Waals surface area contributed by atoms with Gasteiger partial charge in [0.15, 0.2) is 11.5 Å². The molecule has 2 heterocycles. The second kappa shape index (κ2) is 9.49. The third kappa shape index (κ3) is 4.93. The summed E-state index contributed by atoms with van der Waals surface area (Å²) in [7, 11) is -4.35. The average Bonchev–Trinajstić information content (AvgIpc) is 2.81. The van der Waals surface area contributed by atoms with Crippen LogP contribution in [0, 0.1) is 11.6 Å². The van der Waals surface area contributed by atoms with E-state index in [1.165, 1.54) is 24.5 Å². The van der Waals surface area contributed by atoms with Gasteiger partial charge in [0.25, 0.3) is 0 Å². The fourth-order valence-corrected chi connectivity index (χ4v) is 5.13. The number of aliphatic hydroxyl groups excluding tert-OH is 1. The number of carbonyl (C=O) groups excluding carboxylic acids is 1. The monoisotopic (exact) mass is 489 g/mol. The number of carbonyl (C=O) groups is 1. The first kappa shape index (κ1) is 23.8. The molecule has 4 N–H and O–H groups in total. The van der Waals surface area contributed by atoms with E-state index >= 15 is 0 Å². The molecule has 0 unspecified atom stereocenters. The van der Waals surface area contributed by atoms with Crippen molar-refractivity contribution in [2.45, 2.75) is 42.7 Å². The third-order valence-electron chi connectivity index (χ3n) is 5.55. The number of benzene rings is 1. The van der Waals surface area contributed by atoms with Gasteiger partial charge in [-0.1, -0.05) is 0 Å². The lowest BCUT2D eigenvalue weighted by atomic mass is 9.94. The van der Waals surface area contributed by atoms with E-state index in [9.17, 15) is 27.1 Å². The fraction of sp³-hybridized carbons (Fsp3) is 0.273. The van der Waals surface area contributed by atoms with E-state index in [1.807, 2.05) is 0 Å². The van der Waals surface area contributed by atoms with E-state index in [2.05, 4.69) is 19.7 Å². The molecule has 0 spiro atoms. The van der Waals surface area contributed by atoms with Crippen molar-refractivity contribution in [3.05, 3.63) is 65.7 Å². The molecule has 0 aliphatic heterocycles. The predicted molar refractivity (Wildman–Crippen MR) is 118 cm³/mol. The number of sulfonamides is 1. The van der Waals surface area contributed by atoms with Gasteiger partial charge >= 0.3 is 0 Å². The highest BCUT2D eigenvalue weighted by Crippen LogP contribution is 2.29. The second-order valence-corrected chi connectivity index (χ2v) is 9.63. The van der Waals surface area contributed by atoms with Crippen LogP contribution >= 0.6 is 0 Å². The van der Waals surface area contributed by atoms with Gasteiger partial charge in [0.05, 0.1) is 18.0 Å². The van der Waals surface area contributed by atoms with Gasteiger partial charge < -0.3 is 10.8 Å². The number of anilines is 1. The van der Waals surface area contributed by atoms with Gasteiger partial charge in [0, 0.05) is 35.6 Å². The van der Waals surface area contributed by atoms with Crippen molar-refractivity contribution in [3.63, 3.8) is 0 Å². The summed E-state index contributed by atoms with van der Waals surface area (Å²) in [6.45, 7) is 0. The molecule has 9 nitrogen and oxygen atoms in total. The Morgan fingerprint density at radius 2 is 1.85 bits per heavy atom. The number of aliphatic hydroxyl groups is 1. The Morgan fingerprint density at radius 3 is 2.53 bits per heavy atom. The molecule has 1 saturated carbocycles. The van der Waals surface area contributed by atoms with Crippen molar-refractivity contribution in [2.24, 2.45) is 0 Å². The largest absolute Gasteiger partial charge is 0.393 e. The molecule has 1 aliphatic rings. The van der Waals surface area contributed by atoms with Crippen LogP contribution in [0.4, 0.5) is 14.6 Å². The molecule has 0 amide bonds. The Balaban J connectivity index is 1.71. The topological polar surface area (TPSA) is 148 Å². The van der Waals surface area contributed by atoms with Gasteiger partial charge in [-0.05, 0) is 43.9 Å². The first-order valence-electron chi connectivity index (χ1n) is 10.4. The molecular formula is C22H21F2N5O4S. The van der Waals surface area contributed by atoms with Crippen LogP contribution in [-0.4, -0.2) is 46.4 Å². The summed E-state index contributed by atoms with van der Waals surface area (Å²) in [6.07, 6.45) is 4.95. The summed E-state index contributed by atoms with van der Waals surface area (Å²) in [6, 6.07) is 3.79. The van der Waals surface area contributed by atoms with Crippen molar-refractivity contribution in [1.82, 2.24) is 19.7 Å². The number of nitrogens with one attached hydrogen (secondary N) is 1. The predicted octanol–water partition coefficient (Wildman–Crippen LogP) is 2.21. The molecule has 0 saturated heterocycles. The number of ketones is 1. The normalized spacial score (nSPS) is 18.6. The number of halogens is 2. The van der Waals surface area contributed by atoms with Gasteiger partial charge in [0.1, 0.15) is 16.5 Å². The summed E-state index contributed by atoms with van der Waals surface area (Å²) >= 11 is 0. The third-order valence-corrected chi connectivity index (χ3v) is 7.08. The van der Waals surface area contributed by atoms with Crippen LogP contribution in [0.25, 0.3) is 11.3 Å². The molecule has 0 radical (unpaired) electrons. The van der Waals surface area contributed by atoms with Gasteiger partial charge in [-0.3, -0.25) is 9.78 Å². The zero-order valence-corrected chi connectivity index (χ0v) is 18.6. The van der Waals surface area contributed by atoms with Crippen LogP contribution in [0.2, 0.25) is 0 Å². The maximum Gasteiger partial charge on any atom is 0.243 e. The van der Waals surface area contributed by atoms with Crippen LogP contribution in [0.1, 0.15) is 41.7 Å². The molecule has 0 bridgehead atoms. The van der Waals surface area contributed by atoms with Crippen LogP contribution in [0.3, 0.4) is 0 Å². The first-order valence-corrected chi connectivity index (χ1v) is 11.9. The number of hydrogen-bond donors (Lipinski definition) is 3. The Bertz CT molecular complexity index is 1330. The fourth-order valence-electron chi connectivity index (χ4n) is 3.74. The van der Waals surface area contributed by atoms with Crippen LogP contribution in [0.15, 0.2) is 47.8 Å². The maximum atomic E-state index is 14.7. The van der Waals surface area contributed by atoms with E-state index in [4.69, 9.17) is 5.73 Å².